The molecule has 0 amide bonds. The van der Waals surface area contributed by atoms with Crippen molar-refractivity contribution in [3.63, 3.8) is 0 Å². The van der Waals surface area contributed by atoms with Crippen LogP contribution in [-0.4, -0.2) is 34.0 Å². The van der Waals surface area contributed by atoms with Crippen LogP contribution in [0.4, 0.5) is 0 Å². The molecule has 0 aromatic heterocycles. The lowest BCUT2D eigenvalue weighted by molar-refractivity contribution is -0.168. The van der Waals surface area contributed by atoms with Gasteiger partial charge in [-0.25, -0.2) is 4.79 Å². The molecule has 4 atom stereocenters. The molecule has 1 aliphatic heterocycles. The van der Waals surface area contributed by atoms with E-state index in [1.165, 1.54) is 5.57 Å². The van der Waals surface area contributed by atoms with Crippen LogP contribution in [0.3, 0.4) is 0 Å². The molecule has 0 saturated carbocycles. The quantitative estimate of drug-likeness (QED) is 0.404. The Bertz CT molecular complexity index is 556. The molecular weight excluding hydrogens is 304 g/mol. The molecule has 24 heavy (non-hydrogen) atoms. The van der Waals surface area contributed by atoms with Crippen molar-refractivity contribution in [2.75, 3.05) is 0 Å². The molecule has 1 heterocycles. The summed E-state index contributed by atoms with van der Waals surface area (Å²) < 4.78 is 5.44. The van der Waals surface area contributed by atoms with E-state index in [-0.39, 0.29) is 5.92 Å². The van der Waals surface area contributed by atoms with Gasteiger partial charge in [0.1, 0.15) is 6.10 Å². The molecule has 0 spiro atoms. The Morgan fingerprint density at radius 2 is 2.04 bits per heavy atom. The Hall–Kier alpha value is -1.39. The lowest BCUT2D eigenvalue weighted by Gasteiger charge is -2.38. The second-order valence-corrected chi connectivity index (χ2v) is 7.54. The number of allylic oxidation sites excluding steroid dienone is 3. The van der Waals surface area contributed by atoms with E-state index in [4.69, 9.17) is 4.74 Å². The van der Waals surface area contributed by atoms with Crippen LogP contribution in [0.15, 0.2) is 35.5 Å². The summed E-state index contributed by atoms with van der Waals surface area (Å²) in [5, 5.41) is 21.1. The van der Waals surface area contributed by atoms with Gasteiger partial charge < -0.3 is 14.9 Å². The van der Waals surface area contributed by atoms with Gasteiger partial charge in [-0.1, -0.05) is 24.3 Å². The van der Waals surface area contributed by atoms with E-state index in [1.54, 1.807) is 6.92 Å². The van der Waals surface area contributed by atoms with Crippen LogP contribution >= 0.6 is 0 Å². The Kier molecular flexibility index (Phi) is 6.05. The maximum atomic E-state index is 12.1. The molecule has 2 N–H and O–H groups in total. The van der Waals surface area contributed by atoms with E-state index in [0.29, 0.717) is 31.3 Å². The second-order valence-electron chi connectivity index (χ2n) is 7.54. The number of ether oxygens (including phenoxy) is 1. The average molecular weight is 334 g/mol. The molecule has 0 aromatic rings. The zero-order chi connectivity index (χ0) is 17.9. The molecule has 1 aliphatic carbocycles. The molecule has 134 valence electrons. The molecule has 1 saturated heterocycles. The van der Waals surface area contributed by atoms with Gasteiger partial charge in [-0.2, -0.15) is 0 Å². The minimum absolute atomic E-state index is 0.0508. The normalized spacial score (nSPS) is 40.6. The number of aliphatic hydroxyl groups excluding tert-OH is 1. The smallest absolute Gasteiger partial charge is 0.334 e. The number of esters is 1. The van der Waals surface area contributed by atoms with Crippen LogP contribution < -0.4 is 0 Å². The Labute approximate surface area is 144 Å². The van der Waals surface area contributed by atoms with Gasteiger partial charge >= 0.3 is 5.97 Å². The average Bonchev–Trinajstić information content (AvgIpc) is 2.52. The predicted molar refractivity (Wildman–Crippen MR) is 94.4 cm³/mol. The third kappa shape index (κ3) is 4.58. The summed E-state index contributed by atoms with van der Waals surface area (Å²) in [5.41, 5.74) is 1.55. The molecule has 4 nitrogen and oxygen atoms in total. The van der Waals surface area contributed by atoms with Gasteiger partial charge in [0, 0.05) is 5.57 Å². The molecule has 0 aromatic carbocycles. The van der Waals surface area contributed by atoms with E-state index < -0.39 is 23.8 Å². The zero-order valence-electron chi connectivity index (χ0n) is 15.0. The van der Waals surface area contributed by atoms with Crippen molar-refractivity contribution in [1.82, 2.24) is 0 Å². The highest BCUT2D eigenvalue weighted by molar-refractivity contribution is 5.89. The van der Waals surface area contributed by atoms with Crippen LogP contribution in [0.2, 0.25) is 0 Å². The maximum Gasteiger partial charge on any atom is 0.334 e. The lowest BCUT2D eigenvalue weighted by Crippen LogP contribution is -2.47. The molecule has 2 rings (SSSR count). The summed E-state index contributed by atoms with van der Waals surface area (Å²) in [7, 11) is 0. The molecule has 1 fully saturated rings. The fraction of sp³-hybridized carbons (Fsp3) is 0.650. The Morgan fingerprint density at radius 1 is 1.33 bits per heavy atom. The van der Waals surface area contributed by atoms with Crippen LogP contribution in [0, 0.1) is 5.92 Å². The van der Waals surface area contributed by atoms with E-state index in [0.717, 1.165) is 18.4 Å². The van der Waals surface area contributed by atoms with E-state index in [2.05, 4.69) is 12.7 Å². The summed E-state index contributed by atoms with van der Waals surface area (Å²) in [6, 6.07) is 0. The number of carbonyl (C=O) groups excluding carboxylic acids is 1. The predicted octanol–water partition coefficient (Wildman–Crippen LogP) is 3.44. The minimum atomic E-state index is -1.05. The molecule has 2 bridgehead atoms. The second kappa shape index (κ2) is 7.66. The van der Waals surface area contributed by atoms with Crippen LogP contribution in [0.25, 0.3) is 0 Å². The summed E-state index contributed by atoms with van der Waals surface area (Å²) in [6.07, 6.45) is 7.12. The first kappa shape index (κ1) is 18.9. The van der Waals surface area contributed by atoms with Gasteiger partial charge in [0.25, 0.3) is 0 Å². The SMILES string of the molecule is C=C1C(=O)O[C@@H]2C[C@H]1C/C=C(\C)[C@@H](O)CC/C(C)=C/CC[C@]2(C)O. The van der Waals surface area contributed by atoms with Gasteiger partial charge in [0.2, 0.25) is 0 Å². The van der Waals surface area contributed by atoms with Crippen LogP contribution in [0.1, 0.15) is 59.3 Å². The molecular formula is C20H30O4. The minimum Gasteiger partial charge on any atom is -0.456 e. The zero-order valence-corrected chi connectivity index (χ0v) is 15.0. The van der Waals surface area contributed by atoms with Crippen molar-refractivity contribution in [3.8, 4) is 0 Å². The van der Waals surface area contributed by atoms with E-state index >= 15 is 0 Å². The standard InChI is InChI=1S/C20H30O4/c1-13-6-5-11-20(4,23)18-12-16(15(3)19(22)24-18)9-8-14(2)17(21)10-7-13/h6,8,16-18,21,23H,3,5,7,9-12H2,1-2,4H3/b13-6+,14-8+/t16-,17+,18-,20+/m1/s1. The molecule has 0 unspecified atom stereocenters. The first-order chi connectivity index (χ1) is 11.2. The highest BCUT2D eigenvalue weighted by Crippen LogP contribution is 2.35. The number of rotatable bonds is 0. The maximum absolute atomic E-state index is 12.1. The summed E-state index contributed by atoms with van der Waals surface area (Å²) in [6.45, 7) is 9.58. The number of hydrogen-bond acceptors (Lipinski definition) is 4. The van der Waals surface area contributed by atoms with Gasteiger partial charge in [0.15, 0.2) is 0 Å². The summed E-state index contributed by atoms with van der Waals surface area (Å²) in [4.78, 5) is 12.1. The van der Waals surface area contributed by atoms with Crippen molar-refractivity contribution in [1.29, 1.82) is 0 Å². The Balaban J connectivity index is 2.27. The van der Waals surface area contributed by atoms with Gasteiger partial charge in [0.05, 0.1) is 11.7 Å². The fourth-order valence-electron chi connectivity index (χ4n) is 3.37. The Morgan fingerprint density at radius 3 is 2.75 bits per heavy atom. The van der Waals surface area contributed by atoms with E-state index in [1.807, 2.05) is 19.9 Å². The monoisotopic (exact) mass is 334 g/mol. The highest BCUT2D eigenvalue weighted by Gasteiger charge is 2.41. The van der Waals surface area contributed by atoms with Gasteiger partial charge in [-0.15, -0.1) is 0 Å². The first-order valence-electron chi connectivity index (χ1n) is 8.83. The molecule has 4 heteroatoms. The number of aliphatic hydroxyl groups is 2. The first-order valence-corrected chi connectivity index (χ1v) is 8.83. The highest BCUT2D eigenvalue weighted by atomic mass is 16.6. The van der Waals surface area contributed by atoms with Gasteiger partial charge in [-0.05, 0) is 70.8 Å². The van der Waals surface area contributed by atoms with Crippen molar-refractivity contribution in [3.05, 3.63) is 35.5 Å². The van der Waals surface area contributed by atoms with Crippen molar-refractivity contribution in [2.24, 2.45) is 5.92 Å². The van der Waals surface area contributed by atoms with Crippen LogP contribution in [0.5, 0.6) is 0 Å². The van der Waals surface area contributed by atoms with E-state index in [9.17, 15) is 15.0 Å². The van der Waals surface area contributed by atoms with Crippen molar-refractivity contribution >= 4 is 5.97 Å². The fourth-order valence-corrected chi connectivity index (χ4v) is 3.37. The van der Waals surface area contributed by atoms with Crippen molar-refractivity contribution < 1.29 is 19.7 Å². The summed E-state index contributed by atoms with van der Waals surface area (Å²) in [5.74, 6) is -0.466. The molecule has 2 aliphatic rings. The number of hydrogen-bond donors (Lipinski definition) is 2. The van der Waals surface area contributed by atoms with Crippen molar-refractivity contribution in [2.45, 2.75) is 77.1 Å². The third-order valence-corrected chi connectivity index (χ3v) is 5.40. The summed E-state index contributed by atoms with van der Waals surface area (Å²) >= 11 is 0. The molecule has 0 radical (unpaired) electrons. The van der Waals surface area contributed by atoms with Gasteiger partial charge in [-0.3, -0.25) is 0 Å². The topological polar surface area (TPSA) is 66.8 Å². The largest absolute Gasteiger partial charge is 0.456 e. The van der Waals surface area contributed by atoms with Crippen LogP contribution in [-0.2, 0) is 9.53 Å². The number of carbonyl (C=O) groups is 1. The third-order valence-electron chi connectivity index (χ3n) is 5.40. The lowest BCUT2D eigenvalue weighted by atomic mass is 9.80. The number of fused-ring (bicyclic) bond motifs is 2.